The summed E-state index contributed by atoms with van der Waals surface area (Å²) >= 11 is 0. The van der Waals surface area contributed by atoms with Crippen molar-refractivity contribution in [2.24, 2.45) is 5.73 Å². The average molecular weight is 314 g/mol. The first-order chi connectivity index (χ1) is 11.1. The predicted molar refractivity (Wildman–Crippen MR) is 79.5 cm³/mol. The lowest BCUT2D eigenvalue weighted by Crippen LogP contribution is -2.27. The molecule has 5 nitrogen and oxygen atoms in total. The number of Topliss-reactive ketones (excluding diaryl/α,β-unsaturated/α-hetero) is 1. The van der Waals surface area contributed by atoms with Gasteiger partial charge in [-0.25, -0.2) is 4.39 Å². The zero-order valence-electron chi connectivity index (χ0n) is 12.6. The number of nitriles is 1. The summed E-state index contributed by atoms with van der Waals surface area (Å²) in [5, 5.41) is 9.43. The van der Waals surface area contributed by atoms with Gasteiger partial charge in [-0.1, -0.05) is 0 Å². The van der Waals surface area contributed by atoms with Gasteiger partial charge in [0, 0.05) is 24.0 Å². The number of allylic oxidation sites excluding steroid dienone is 3. The van der Waals surface area contributed by atoms with E-state index >= 15 is 0 Å². The molecule has 23 heavy (non-hydrogen) atoms. The Morgan fingerprint density at radius 1 is 1.43 bits per heavy atom. The first kappa shape index (κ1) is 15.1. The van der Waals surface area contributed by atoms with Gasteiger partial charge in [0.1, 0.15) is 29.0 Å². The molecule has 0 radical (unpaired) electrons. The molecule has 1 aliphatic carbocycles. The highest BCUT2D eigenvalue weighted by Gasteiger charge is 2.39. The molecule has 1 aliphatic heterocycles. The second-order valence-electron chi connectivity index (χ2n) is 5.43. The SMILES string of the molecule is COc1ccc(F)c(C2C(C#N)=C(N)OC3=C2C(=O)CCC3)c1. The van der Waals surface area contributed by atoms with E-state index in [-0.39, 0.29) is 22.8 Å². The number of rotatable bonds is 2. The molecule has 0 bridgehead atoms. The average Bonchev–Trinajstić information content (AvgIpc) is 2.54. The van der Waals surface area contributed by atoms with Gasteiger partial charge < -0.3 is 15.2 Å². The van der Waals surface area contributed by atoms with E-state index < -0.39 is 11.7 Å². The number of nitrogens with zero attached hydrogens (tertiary/aromatic N) is 1. The maximum atomic E-state index is 14.4. The molecule has 1 aromatic rings. The van der Waals surface area contributed by atoms with Crippen LogP contribution in [0.5, 0.6) is 5.75 Å². The van der Waals surface area contributed by atoms with Crippen LogP contribution in [0.4, 0.5) is 4.39 Å². The Bertz CT molecular complexity index is 790. The second-order valence-corrected chi connectivity index (χ2v) is 5.43. The van der Waals surface area contributed by atoms with Crippen molar-refractivity contribution in [3.8, 4) is 11.8 Å². The van der Waals surface area contributed by atoms with E-state index in [9.17, 15) is 14.4 Å². The number of benzene rings is 1. The summed E-state index contributed by atoms with van der Waals surface area (Å²) in [6.45, 7) is 0. The molecule has 6 heteroatoms. The van der Waals surface area contributed by atoms with Gasteiger partial charge in [-0.15, -0.1) is 0 Å². The predicted octanol–water partition coefficient (Wildman–Crippen LogP) is 2.65. The summed E-state index contributed by atoms with van der Waals surface area (Å²) in [6.07, 6.45) is 1.55. The highest BCUT2D eigenvalue weighted by atomic mass is 19.1. The smallest absolute Gasteiger partial charge is 0.205 e. The topological polar surface area (TPSA) is 85.3 Å². The highest BCUT2D eigenvalue weighted by Crippen LogP contribution is 2.44. The fourth-order valence-corrected chi connectivity index (χ4v) is 3.04. The van der Waals surface area contributed by atoms with Crippen LogP contribution in [-0.4, -0.2) is 12.9 Å². The largest absolute Gasteiger partial charge is 0.497 e. The van der Waals surface area contributed by atoms with E-state index in [2.05, 4.69) is 0 Å². The van der Waals surface area contributed by atoms with Gasteiger partial charge in [0.15, 0.2) is 5.78 Å². The van der Waals surface area contributed by atoms with Crippen molar-refractivity contribution >= 4 is 5.78 Å². The minimum atomic E-state index is -0.855. The monoisotopic (exact) mass is 314 g/mol. The fraction of sp³-hybridized carbons (Fsp3) is 0.294. The maximum absolute atomic E-state index is 14.4. The van der Waals surface area contributed by atoms with E-state index in [1.54, 1.807) is 0 Å². The minimum Gasteiger partial charge on any atom is -0.497 e. The van der Waals surface area contributed by atoms with Crippen molar-refractivity contribution < 1.29 is 18.7 Å². The molecule has 0 spiro atoms. The molecule has 1 unspecified atom stereocenters. The standard InChI is InChI=1S/C17H15FN2O3/c1-22-9-5-6-12(18)10(7-9)15-11(8-19)17(20)23-14-4-2-3-13(21)16(14)15/h5-7,15H,2-4,20H2,1H3. The Morgan fingerprint density at radius 3 is 2.91 bits per heavy atom. The minimum absolute atomic E-state index is 0.0474. The molecule has 0 fully saturated rings. The van der Waals surface area contributed by atoms with Crippen LogP contribution < -0.4 is 10.5 Å². The first-order valence-corrected chi connectivity index (χ1v) is 7.24. The molecule has 1 atom stereocenters. The molecule has 0 saturated heterocycles. The molecule has 2 N–H and O–H groups in total. The zero-order chi connectivity index (χ0) is 16.6. The maximum Gasteiger partial charge on any atom is 0.205 e. The number of ether oxygens (including phenoxy) is 2. The zero-order valence-corrected chi connectivity index (χ0v) is 12.6. The van der Waals surface area contributed by atoms with E-state index in [0.29, 0.717) is 36.3 Å². The summed E-state index contributed by atoms with van der Waals surface area (Å²) in [5.41, 5.74) is 6.39. The van der Waals surface area contributed by atoms with Crippen LogP contribution >= 0.6 is 0 Å². The van der Waals surface area contributed by atoms with Crippen LogP contribution in [0.2, 0.25) is 0 Å². The summed E-state index contributed by atoms with van der Waals surface area (Å²) in [6, 6.07) is 6.18. The molecular formula is C17H15FN2O3. The van der Waals surface area contributed by atoms with Crippen LogP contribution in [0.15, 0.2) is 41.0 Å². The quantitative estimate of drug-likeness (QED) is 0.907. The number of methoxy groups -OCH3 is 1. The Labute approximate surface area is 132 Å². The van der Waals surface area contributed by atoms with Gasteiger partial charge in [0.25, 0.3) is 0 Å². The first-order valence-electron chi connectivity index (χ1n) is 7.24. The van der Waals surface area contributed by atoms with Crippen LogP contribution in [0.25, 0.3) is 0 Å². The van der Waals surface area contributed by atoms with Gasteiger partial charge in [-0.2, -0.15) is 5.26 Å². The van der Waals surface area contributed by atoms with E-state index in [0.717, 1.165) is 0 Å². The highest BCUT2D eigenvalue weighted by molar-refractivity contribution is 5.99. The Balaban J connectivity index is 2.23. The van der Waals surface area contributed by atoms with Crippen LogP contribution in [0.1, 0.15) is 30.7 Å². The van der Waals surface area contributed by atoms with Gasteiger partial charge in [-0.05, 0) is 24.6 Å². The number of ketones is 1. The van der Waals surface area contributed by atoms with Gasteiger partial charge in [0.05, 0.1) is 13.0 Å². The van der Waals surface area contributed by atoms with Gasteiger partial charge in [0.2, 0.25) is 5.88 Å². The number of hydrogen-bond donors (Lipinski definition) is 1. The van der Waals surface area contributed by atoms with E-state index in [1.165, 1.54) is 25.3 Å². The summed E-state index contributed by atoms with van der Waals surface area (Å²) in [7, 11) is 1.47. The van der Waals surface area contributed by atoms with Crippen molar-refractivity contribution in [2.75, 3.05) is 7.11 Å². The number of carbonyl (C=O) groups excluding carboxylic acids is 1. The summed E-state index contributed by atoms with van der Waals surface area (Å²) in [5.74, 6) is -0.721. The number of carbonyl (C=O) groups is 1. The Hall–Kier alpha value is -2.81. The van der Waals surface area contributed by atoms with Crippen LogP contribution in [0, 0.1) is 17.1 Å². The van der Waals surface area contributed by atoms with E-state index in [1.807, 2.05) is 6.07 Å². The van der Waals surface area contributed by atoms with Gasteiger partial charge in [-0.3, -0.25) is 4.79 Å². The molecule has 3 rings (SSSR count). The molecule has 0 aromatic heterocycles. The van der Waals surface area contributed by atoms with Crippen molar-refractivity contribution in [2.45, 2.75) is 25.2 Å². The Morgan fingerprint density at radius 2 is 2.22 bits per heavy atom. The van der Waals surface area contributed by atoms with Crippen molar-refractivity contribution in [3.63, 3.8) is 0 Å². The lowest BCUT2D eigenvalue weighted by Gasteiger charge is -2.31. The lowest BCUT2D eigenvalue weighted by atomic mass is 9.77. The van der Waals surface area contributed by atoms with Crippen LogP contribution in [-0.2, 0) is 9.53 Å². The molecule has 1 heterocycles. The molecule has 2 aliphatic rings. The molecule has 118 valence electrons. The third-order valence-corrected chi connectivity index (χ3v) is 4.12. The second kappa shape index (κ2) is 5.76. The van der Waals surface area contributed by atoms with E-state index in [4.69, 9.17) is 15.2 Å². The number of nitrogens with two attached hydrogens (primary N) is 1. The normalized spacial score (nSPS) is 20.7. The van der Waals surface area contributed by atoms with Crippen LogP contribution in [0.3, 0.4) is 0 Å². The molecule has 0 amide bonds. The summed E-state index contributed by atoms with van der Waals surface area (Å²) in [4.78, 5) is 12.4. The Kier molecular flexibility index (Phi) is 3.78. The number of hydrogen-bond acceptors (Lipinski definition) is 5. The van der Waals surface area contributed by atoms with Crippen molar-refractivity contribution in [1.82, 2.24) is 0 Å². The summed E-state index contributed by atoms with van der Waals surface area (Å²) < 4.78 is 25.0. The van der Waals surface area contributed by atoms with Crippen molar-refractivity contribution in [3.05, 3.63) is 52.4 Å². The third kappa shape index (κ3) is 2.44. The molecular weight excluding hydrogens is 299 g/mol. The lowest BCUT2D eigenvalue weighted by molar-refractivity contribution is -0.116. The fourth-order valence-electron chi connectivity index (χ4n) is 3.04. The molecule has 0 saturated carbocycles. The van der Waals surface area contributed by atoms with Crippen molar-refractivity contribution in [1.29, 1.82) is 5.26 Å². The third-order valence-electron chi connectivity index (χ3n) is 4.12. The number of halogens is 1. The van der Waals surface area contributed by atoms with Gasteiger partial charge >= 0.3 is 0 Å². The molecule has 1 aromatic carbocycles.